The molecule has 0 bridgehead atoms. The van der Waals surface area contributed by atoms with Crippen LogP contribution >= 0.6 is 0 Å². The van der Waals surface area contributed by atoms with E-state index in [2.05, 4.69) is 10.3 Å². The summed E-state index contributed by atoms with van der Waals surface area (Å²) in [4.78, 5) is 37.4. The van der Waals surface area contributed by atoms with Crippen molar-refractivity contribution in [3.8, 4) is 11.1 Å². The minimum absolute atomic E-state index is 0.0838. The fourth-order valence-corrected chi connectivity index (χ4v) is 1.98. The summed E-state index contributed by atoms with van der Waals surface area (Å²) in [6.45, 7) is -0.160. The van der Waals surface area contributed by atoms with Gasteiger partial charge in [0.1, 0.15) is 6.73 Å². The number of rotatable bonds is 6. The van der Waals surface area contributed by atoms with Gasteiger partial charge in [0.25, 0.3) is 11.5 Å². The second-order valence-corrected chi connectivity index (χ2v) is 4.69. The summed E-state index contributed by atoms with van der Waals surface area (Å²) in [7, 11) is 1.53. The van der Waals surface area contributed by atoms with E-state index in [-0.39, 0.29) is 31.4 Å². The van der Waals surface area contributed by atoms with Gasteiger partial charge in [-0.25, -0.2) is 4.79 Å². The minimum atomic E-state index is -0.598. The van der Waals surface area contributed by atoms with E-state index in [1.54, 1.807) is 24.3 Å². The zero-order chi connectivity index (χ0) is 16.8. The van der Waals surface area contributed by atoms with Crippen LogP contribution in [0.15, 0.2) is 40.1 Å². The van der Waals surface area contributed by atoms with Crippen molar-refractivity contribution < 1.29 is 14.6 Å². The molecule has 0 aliphatic heterocycles. The highest BCUT2D eigenvalue weighted by molar-refractivity contribution is 5.94. The molecular formula is C15H17N3O5. The molecule has 0 unspecified atom stereocenters. The van der Waals surface area contributed by atoms with E-state index in [4.69, 9.17) is 9.84 Å². The highest BCUT2D eigenvalue weighted by atomic mass is 16.5. The van der Waals surface area contributed by atoms with Crippen molar-refractivity contribution in [2.24, 2.45) is 0 Å². The molecule has 1 aromatic carbocycles. The number of nitrogens with one attached hydrogen (secondary N) is 2. The van der Waals surface area contributed by atoms with Gasteiger partial charge in [0, 0.05) is 18.8 Å². The van der Waals surface area contributed by atoms with Crippen molar-refractivity contribution in [1.29, 1.82) is 0 Å². The number of H-pyrrole nitrogens is 1. The van der Waals surface area contributed by atoms with Gasteiger partial charge < -0.3 is 15.2 Å². The van der Waals surface area contributed by atoms with Crippen LogP contribution in [0.25, 0.3) is 11.1 Å². The van der Waals surface area contributed by atoms with Crippen molar-refractivity contribution in [2.45, 2.75) is 6.73 Å². The number of benzene rings is 1. The van der Waals surface area contributed by atoms with Gasteiger partial charge in [0.15, 0.2) is 0 Å². The summed E-state index contributed by atoms with van der Waals surface area (Å²) in [6, 6.07) is 6.42. The lowest BCUT2D eigenvalue weighted by Gasteiger charge is -2.08. The van der Waals surface area contributed by atoms with Crippen molar-refractivity contribution in [3.05, 3.63) is 56.9 Å². The molecule has 0 fully saturated rings. The molecule has 0 saturated heterocycles. The molecule has 1 aromatic heterocycles. The van der Waals surface area contributed by atoms with Gasteiger partial charge >= 0.3 is 5.69 Å². The van der Waals surface area contributed by atoms with Gasteiger partial charge in [-0.1, -0.05) is 12.1 Å². The van der Waals surface area contributed by atoms with Crippen LogP contribution in [-0.4, -0.2) is 40.8 Å². The Morgan fingerprint density at radius 3 is 2.61 bits per heavy atom. The number of amides is 1. The largest absolute Gasteiger partial charge is 0.394 e. The summed E-state index contributed by atoms with van der Waals surface area (Å²) in [5.74, 6) is -0.229. The molecule has 8 nitrogen and oxygen atoms in total. The molecule has 0 aliphatic carbocycles. The van der Waals surface area contributed by atoms with Gasteiger partial charge in [-0.05, 0) is 17.7 Å². The fourth-order valence-electron chi connectivity index (χ4n) is 1.98. The third kappa shape index (κ3) is 3.93. The van der Waals surface area contributed by atoms with Gasteiger partial charge in [0.05, 0.1) is 18.8 Å². The number of ether oxygens (including phenoxy) is 1. The molecular weight excluding hydrogens is 302 g/mol. The Kier molecular flexibility index (Phi) is 5.45. The van der Waals surface area contributed by atoms with Crippen LogP contribution in [-0.2, 0) is 11.5 Å². The third-order valence-electron chi connectivity index (χ3n) is 3.16. The zero-order valence-electron chi connectivity index (χ0n) is 12.5. The normalized spacial score (nSPS) is 10.5. The first kappa shape index (κ1) is 16.7. The maximum atomic E-state index is 12.0. The number of carbonyl (C=O) groups is 1. The Balaban J connectivity index is 2.35. The zero-order valence-corrected chi connectivity index (χ0v) is 12.5. The number of nitrogens with zero attached hydrogens (tertiary/aromatic N) is 1. The van der Waals surface area contributed by atoms with E-state index < -0.39 is 11.2 Å². The van der Waals surface area contributed by atoms with Gasteiger partial charge in [-0.15, -0.1) is 0 Å². The molecule has 122 valence electrons. The van der Waals surface area contributed by atoms with Crippen LogP contribution in [0.4, 0.5) is 0 Å². The smallest absolute Gasteiger partial charge is 0.330 e. The summed E-state index contributed by atoms with van der Waals surface area (Å²) in [5, 5.41) is 11.2. The molecule has 8 heteroatoms. The van der Waals surface area contributed by atoms with Gasteiger partial charge in [-0.2, -0.15) is 0 Å². The number of hydrogen-bond donors (Lipinski definition) is 3. The van der Waals surface area contributed by atoms with E-state index in [0.29, 0.717) is 11.1 Å². The SMILES string of the molecule is CNC(=O)c1ccc(-c2cn(COCCO)c(=O)[nH]c2=O)cc1. The van der Waals surface area contributed by atoms with E-state index >= 15 is 0 Å². The highest BCUT2D eigenvalue weighted by Gasteiger charge is 2.09. The minimum Gasteiger partial charge on any atom is -0.394 e. The maximum absolute atomic E-state index is 12.0. The van der Waals surface area contributed by atoms with Crippen molar-refractivity contribution in [2.75, 3.05) is 20.3 Å². The quantitative estimate of drug-likeness (QED) is 0.623. The number of carbonyl (C=O) groups excluding carboxylic acids is 1. The van der Waals surface area contributed by atoms with Crippen molar-refractivity contribution in [3.63, 3.8) is 0 Å². The summed E-state index contributed by atoms with van der Waals surface area (Å²) < 4.78 is 6.28. The van der Waals surface area contributed by atoms with Crippen molar-refractivity contribution >= 4 is 5.91 Å². The Bertz CT molecular complexity index is 792. The highest BCUT2D eigenvalue weighted by Crippen LogP contribution is 2.15. The molecule has 0 saturated carbocycles. The van der Waals surface area contributed by atoms with Crippen LogP contribution in [0, 0.1) is 0 Å². The van der Waals surface area contributed by atoms with Crippen LogP contribution < -0.4 is 16.6 Å². The molecule has 2 aromatic rings. The number of aromatic nitrogens is 2. The number of aliphatic hydroxyl groups excluding tert-OH is 1. The topological polar surface area (TPSA) is 113 Å². The van der Waals surface area contributed by atoms with E-state index in [9.17, 15) is 14.4 Å². The maximum Gasteiger partial charge on any atom is 0.330 e. The lowest BCUT2D eigenvalue weighted by atomic mass is 10.1. The molecule has 2 rings (SSSR count). The molecule has 3 N–H and O–H groups in total. The van der Waals surface area contributed by atoms with E-state index in [1.165, 1.54) is 17.8 Å². The number of aromatic amines is 1. The number of hydrogen-bond acceptors (Lipinski definition) is 5. The Morgan fingerprint density at radius 1 is 1.30 bits per heavy atom. The predicted octanol–water partition coefficient (Wildman–Crippen LogP) is -0.470. The monoisotopic (exact) mass is 319 g/mol. The molecule has 0 radical (unpaired) electrons. The first-order valence-electron chi connectivity index (χ1n) is 6.91. The second-order valence-electron chi connectivity index (χ2n) is 4.69. The molecule has 0 atom stereocenters. The Hall–Kier alpha value is -2.71. The average molecular weight is 319 g/mol. The first-order chi connectivity index (χ1) is 11.1. The van der Waals surface area contributed by atoms with Gasteiger partial charge in [0.2, 0.25) is 0 Å². The van der Waals surface area contributed by atoms with Crippen LogP contribution in [0.5, 0.6) is 0 Å². The molecule has 0 aliphatic rings. The molecule has 1 heterocycles. The average Bonchev–Trinajstić information content (AvgIpc) is 2.56. The Morgan fingerprint density at radius 2 is 2.00 bits per heavy atom. The summed E-state index contributed by atoms with van der Waals surface area (Å²) in [6.07, 6.45) is 1.38. The van der Waals surface area contributed by atoms with Crippen LogP contribution in [0.2, 0.25) is 0 Å². The predicted molar refractivity (Wildman–Crippen MR) is 83.2 cm³/mol. The Labute approximate surface area is 131 Å². The summed E-state index contributed by atoms with van der Waals surface area (Å²) >= 11 is 0. The lowest BCUT2D eigenvalue weighted by Crippen LogP contribution is -2.31. The second kappa shape index (κ2) is 7.52. The first-order valence-corrected chi connectivity index (χ1v) is 6.91. The van der Waals surface area contributed by atoms with Crippen LogP contribution in [0.3, 0.4) is 0 Å². The molecule has 1 amide bonds. The standard InChI is InChI=1S/C15H17N3O5/c1-16-13(20)11-4-2-10(3-5-11)12-8-18(9-23-7-6-19)15(22)17-14(12)21/h2-5,8,19H,6-7,9H2,1H3,(H,16,20)(H,17,21,22). The van der Waals surface area contributed by atoms with Gasteiger partial charge in [-0.3, -0.25) is 19.1 Å². The fraction of sp³-hybridized carbons (Fsp3) is 0.267. The van der Waals surface area contributed by atoms with E-state index in [0.717, 1.165) is 0 Å². The van der Waals surface area contributed by atoms with Crippen molar-refractivity contribution in [1.82, 2.24) is 14.9 Å². The third-order valence-corrected chi connectivity index (χ3v) is 3.16. The number of aliphatic hydroxyl groups is 1. The summed E-state index contributed by atoms with van der Waals surface area (Å²) in [5.41, 5.74) is 0.183. The van der Waals surface area contributed by atoms with Crippen LogP contribution in [0.1, 0.15) is 10.4 Å². The van der Waals surface area contributed by atoms with E-state index in [1.807, 2.05) is 0 Å². The molecule has 0 spiro atoms. The molecule has 23 heavy (non-hydrogen) atoms. The lowest BCUT2D eigenvalue weighted by molar-refractivity contribution is 0.0457.